The topological polar surface area (TPSA) is 0 Å². The summed E-state index contributed by atoms with van der Waals surface area (Å²) >= 11 is 0. The third-order valence-electron chi connectivity index (χ3n) is 2.19. The van der Waals surface area contributed by atoms with Gasteiger partial charge in [0.25, 0.3) is 0 Å². The van der Waals surface area contributed by atoms with Gasteiger partial charge in [0.05, 0.1) is 0 Å². The Morgan fingerprint density at radius 1 is 1.21 bits per heavy atom. The van der Waals surface area contributed by atoms with Crippen LogP contribution >= 0.6 is 0 Å². The summed E-state index contributed by atoms with van der Waals surface area (Å²) in [6, 6.07) is 0. The van der Waals surface area contributed by atoms with Gasteiger partial charge in [-0.15, -0.1) is 0 Å². The van der Waals surface area contributed by atoms with Crippen molar-refractivity contribution in [1.29, 1.82) is 0 Å². The van der Waals surface area contributed by atoms with Gasteiger partial charge < -0.3 is 0 Å². The Bertz CT molecular complexity index is 205. The standard InChI is InChI=1S/C10H16F4/c1-7(2)5-6-9(11,8(3)4)10(12,13)14/h7H,3,5-6H2,1-2,4H3. The SMILES string of the molecule is C=C(C)C(F)(CCC(C)C)C(F)(F)F. The van der Waals surface area contributed by atoms with Gasteiger partial charge in [0, 0.05) is 0 Å². The van der Waals surface area contributed by atoms with Crippen LogP contribution in [0, 0.1) is 5.92 Å². The Morgan fingerprint density at radius 3 is 1.86 bits per heavy atom. The van der Waals surface area contributed by atoms with Gasteiger partial charge in [0.2, 0.25) is 5.67 Å². The average Bonchev–Trinajstić information content (AvgIpc) is 1.97. The Labute approximate surface area is 82.0 Å². The van der Waals surface area contributed by atoms with E-state index in [4.69, 9.17) is 0 Å². The van der Waals surface area contributed by atoms with Crippen molar-refractivity contribution >= 4 is 0 Å². The van der Waals surface area contributed by atoms with Gasteiger partial charge >= 0.3 is 6.18 Å². The average molecular weight is 212 g/mol. The molecule has 4 heteroatoms. The van der Waals surface area contributed by atoms with E-state index < -0.39 is 23.8 Å². The van der Waals surface area contributed by atoms with E-state index in [0.717, 1.165) is 6.92 Å². The molecular formula is C10H16F4. The van der Waals surface area contributed by atoms with E-state index in [1.54, 1.807) is 13.8 Å². The molecule has 0 fully saturated rings. The third-order valence-corrected chi connectivity index (χ3v) is 2.19. The predicted molar refractivity (Wildman–Crippen MR) is 48.8 cm³/mol. The number of rotatable bonds is 4. The molecule has 0 bridgehead atoms. The first kappa shape index (κ1) is 13.5. The van der Waals surface area contributed by atoms with Crippen molar-refractivity contribution < 1.29 is 17.6 Å². The van der Waals surface area contributed by atoms with Crippen LogP contribution in [0.25, 0.3) is 0 Å². The first-order valence-corrected chi connectivity index (χ1v) is 4.53. The zero-order valence-corrected chi connectivity index (χ0v) is 8.71. The molecule has 0 saturated heterocycles. The van der Waals surface area contributed by atoms with Crippen molar-refractivity contribution in [2.45, 2.75) is 45.5 Å². The maximum Gasteiger partial charge on any atom is 0.426 e. The summed E-state index contributed by atoms with van der Waals surface area (Å²) in [4.78, 5) is 0. The highest BCUT2D eigenvalue weighted by molar-refractivity contribution is 5.13. The van der Waals surface area contributed by atoms with Crippen LogP contribution in [0.15, 0.2) is 12.2 Å². The van der Waals surface area contributed by atoms with E-state index in [9.17, 15) is 17.6 Å². The fourth-order valence-electron chi connectivity index (χ4n) is 1.08. The number of hydrogen-bond donors (Lipinski definition) is 0. The lowest BCUT2D eigenvalue weighted by Crippen LogP contribution is -2.41. The molecule has 0 aromatic carbocycles. The van der Waals surface area contributed by atoms with E-state index in [2.05, 4.69) is 6.58 Å². The van der Waals surface area contributed by atoms with Crippen LogP contribution in [-0.4, -0.2) is 11.8 Å². The van der Waals surface area contributed by atoms with Crippen molar-refractivity contribution in [3.05, 3.63) is 12.2 Å². The molecule has 0 rings (SSSR count). The van der Waals surface area contributed by atoms with Gasteiger partial charge in [0.15, 0.2) is 0 Å². The molecule has 0 N–H and O–H groups in total. The highest BCUT2D eigenvalue weighted by atomic mass is 19.4. The van der Waals surface area contributed by atoms with Crippen molar-refractivity contribution in [3.63, 3.8) is 0 Å². The lowest BCUT2D eigenvalue weighted by Gasteiger charge is -2.28. The smallest absolute Gasteiger partial charge is 0.229 e. The highest BCUT2D eigenvalue weighted by Crippen LogP contribution is 2.42. The second-order valence-corrected chi connectivity index (χ2v) is 4.01. The van der Waals surface area contributed by atoms with Crippen LogP contribution in [-0.2, 0) is 0 Å². The minimum absolute atomic E-state index is 0.0480. The second-order valence-electron chi connectivity index (χ2n) is 4.01. The van der Waals surface area contributed by atoms with Crippen LogP contribution in [0.2, 0.25) is 0 Å². The Kier molecular flexibility index (Phi) is 4.15. The molecule has 1 atom stereocenters. The molecule has 0 aliphatic heterocycles. The normalized spacial score (nSPS) is 16.9. The van der Waals surface area contributed by atoms with Gasteiger partial charge in [-0.2, -0.15) is 13.2 Å². The molecule has 0 heterocycles. The van der Waals surface area contributed by atoms with Crippen LogP contribution in [0.3, 0.4) is 0 Å². The lowest BCUT2D eigenvalue weighted by molar-refractivity contribution is -0.218. The van der Waals surface area contributed by atoms with E-state index in [0.29, 0.717) is 0 Å². The van der Waals surface area contributed by atoms with Crippen LogP contribution < -0.4 is 0 Å². The molecule has 0 aliphatic rings. The monoisotopic (exact) mass is 212 g/mol. The third kappa shape index (κ3) is 3.00. The fourth-order valence-corrected chi connectivity index (χ4v) is 1.08. The molecular weight excluding hydrogens is 196 g/mol. The van der Waals surface area contributed by atoms with Crippen LogP contribution in [0.4, 0.5) is 17.6 Å². The summed E-state index contributed by atoms with van der Waals surface area (Å²) < 4.78 is 50.7. The minimum Gasteiger partial charge on any atom is -0.229 e. The largest absolute Gasteiger partial charge is 0.426 e. The molecule has 0 amide bonds. The lowest BCUT2D eigenvalue weighted by atomic mass is 9.89. The molecule has 0 saturated carbocycles. The maximum atomic E-state index is 13.6. The zero-order valence-electron chi connectivity index (χ0n) is 8.71. The Balaban J connectivity index is 4.67. The molecule has 0 radical (unpaired) electrons. The second kappa shape index (κ2) is 4.32. The molecule has 0 aromatic heterocycles. The van der Waals surface area contributed by atoms with Crippen molar-refractivity contribution in [3.8, 4) is 0 Å². The number of hydrogen-bond acceptors (Lipinski definition) is 0. The first-order valence-electron chi connectivity index (χ1n) is 4.53. The van der Waals surface area contributed by atoms with Crippen LogP contribution in [0.1, 0.15) is 33.6 Å². The summed E-state index contributed by atoms with van der Waals surface area (Å²) in [5.74, 6) is 0.0480. The van der Waals surface area contributed by atoms with Gasteiger partial charge in [-0.25, -0.2) is 4.39 Å². The van der Waals surface area contributed by atoms with Gasteiger partial charge in [-0.05, 0) is 31.3 Å². The van der Waals surface area contributed by atoms with E-state index in [-0.39, 0.29) is 12.3 Å². The van der Waals surface area contributed by atoms with E-state index >= 15 is 0 Å². The summed E-state index contributed by atoms with van der Waals surface area (Å²) in [5.41, 5.74) is -3.69. The molecule has 0 aliphatic carbocycles. The van der Waals surface area contributed by atoms with Crippen molar-refractivity contribution in [2.75, 3.05) is 0 Å². The molecule has 0 nitrogen and oxygen atoms in total. The van der Waals surface area contributed by atoms with E-state index in [1.165, 1.54) is 0 Å². The molecule has 14 heavy (non-hydrogen) atoms. The summed E-state index contributed by atoms with van der Waals surface area (Å²) in [7, 11) is 0. The van der Waals surface area contributed by atoms with Crippen LogP contribution in [0.5, 0.6) is 0 Å². The van der Waals surface area contributed by atoms with Gasteiger partial charge in [-0.1, -0.05) is 20.4 Å². The quantitative estimate of drug-likeness (QED) is 0.482. The maximum absolute atomic E-state index is 13.6. The number of alkyl halides is 4. The van der Waals surface area contributed by atoms with Gasteiger partial charge in [-0.3, -0.25) is 0 Å². The number of halogens is 4. The van der Waals surface area contributed by atoms with Crippen molar-refractivity contribution in [2.24, 2.45) is 5.92 Å². The Hall–Kier alpha value is -0.540. The molecule has 1 unspecified atom stereocenters. The minimum atomic E-state index is -4.85. The summed E-state index contributed by atoms with van der Waals surface area (Å²) in [6.07, 6.45) is -5.19. The highest BCUT2D eigenvalue weighted by Gasteiger charge is 2.55. The summed E-state index contributed by atoms with van der Waals surface area (Å²) in [5, 5.41) is 0. The van der Waals surface area contributed by atoms with E-state index in [1.807, 2.05) is 0 Å². The first-order chi connectivity index (χ1) is 6.11. The summed E-state index contributed by atoms with van der Waals surface area (Å²) in [6.45, 7) is 7.67. The molecule has 0 spiro atoms. The zero-order chi connectivity index (χ0) is 11.6. The number of allylic oxidation sites excluding steroid dienone is 1. The van der Waals surface area contributed by atoms with Gasteiger partial charge in [0.1, 0.15) is 0 Å². The predicted octanol–water partition coefficient (Wildman–Crippen LogP) is 4.27. The fraction of sp³-hybridized carbons (Fsp3) is 0.800. The molecule has 0 aromatic rings. The van der Waals surface area contributed by atoms with Crippen molar-refractivity contribution in [1.82, 2.24) is 0 Å². The Morgan fingerprint density at radius 2 is 1.64 bits per heavy atom. The molecule has 84 valence electrons.